The fraction of sp³-hybridized carbons (Fsp3) is 0.235. The number of anilines is 1. The number of nitro groups is 1. The topological polar surface area (TPSA) is 117 Å². The number of nitrogens with zero attached hydrogens (tertiary/aromatic N) is 1. The fourth-order valence-corrected chi connectivity index (χ4v) is 2.77. The highest BCUT2D eigenvalue weighted by atomic mass is 35.5. The van der Waals surface area contributed by atoms with Gasteiger partial charge in [-0.1, -0.05) is 11.6 Å². The highest BCUT2D eigenvalue weighted by Gasteiger charge is 2.18. The Bertz CT molecular complexity index is 872. The van der Waals surface area contributed by atoms with E-state index in [4.69, 9.17) is 26.8 Å². The molecule has 0 unspecified atom stereocenters. The summed E-state index contributed by atoms with van der Waals surface area (Å²) in [5.74, 6) is 0.404. The summed E-state index contributed by atoms with van der Waals surface area (Å²) in [7, 11) is 0. The van der Waals surface area contributed by atoms with Crippen molar-refractivity contribution < 1.29 is 19.2 Å². The minimum Gasteiger partial charge on any atom is -0.490 e. The second kappa shape index (κ2) is 7.49. The summed E-state index contributed by atoms with van der Waals surface area (Å²) in [6.07, 6.45) is 0.771. The maximum absolute atomic E-state index is 11.3. The van der Waals surface area contributed by atoms with Crippen LogP contribution in [0.15, 0.2) is 30.3 Å². The van der Waals surface area contributed by atoms with Gasteiger partial charge in [0.05, 0.1) is 28.8 Å². The summed E-state index contributed by atoms with van der Waals surface area (Å²) < 4.78 is 11.2. The quantitative estimate of drug-likeness (QED) is 0.610. The lowest BCUT2D eigenvalue weighted by atomic mass is 10.1. The van der Waals surface area contributed by atoms with Crippen LogP contribution < -0.4 is 20.5 Å². The van der Waals surface area contributed by atoms with E-state index < -0.39 is 10.8 Å². The molecule has 8 nitrogen and oxygen atoms in total. The van der Waals surface area contributed by atoms with Crippen molar-refractivity contribution in [3.8, 4) is 11.5 Å². The van der Waals surface area contributed by atoms with Crippen LogP contribution in [-0.4, -0.2) is 24.0 Å². The minimum absolute atomic E-state index is 0.0778. The minimum atomic E-state index is -0.724. The maximum Gasteiger partial charge on any atom is 0.275 e. The van der Waals surface area contributed by atoms with Gasteiger partial charge in [0.15, 0.2) is 11.5 Å². The number of carbonyl (C=O) groups excluding carboxylic acids is 1. The monoisotopic (exact) mass is 377 g/mol. The van der Waals surface area contributed by atoms with Crippen molar-refractivity contribution in [3.63, 3.8) is 0 Å². The van der Waals surface area contributed by atoms with E-state index in [1.54, 1.807) is 12.1 Å². The van der Waals surface area contributed by atoms with E-state index in [1.807, 2.05) is 0 Å². The molecule has 0 saturated carbocycles. The van der Waals surface area contributed by atoms with Gasteiger partial charge in [-0.2, -0.15) is 0 Å². The molecule has 1 aliphatic heterocycles. The number of benzene rings is 2. The Morgan fingerprint density at radius 3 is 2.58 bits per heavy atom. The van der Waals surface area contributed by atoms with E-state index in [9.17, 15) is 14.9 Å². The van der Waals surface area contributed by atoms with Crippen LogP contribution in [0.5, 0.6) is 11.5 Å². The Labute approximate surface area is 154 Å². The van der Waals surface area contributed by atoms with Gasteiger partial charge in [0.1, 0.15) is 0 Å². The number of hydrogen-bond donors (Lipinski definition) is 2. The average Bonchev–Trinajstić information content (AvgIpc) is 2.84. The summed E-state index contributed by atoms with van der Waals surface area (Å²) in [4.78, 5) is 21.9. The van der Waals surface area contributed by atoms with Crippen molar-refractivity contribution in [2.24, 2.45) is 5.73 Å². The molecule has 0 bridgehead atoms. The zero-order chi connectivity index (χ0) is 18.7. The smallest absolute Gasteiger partial charge is 0.275 e. The van der Waals surface area contributed by atoms with Gasteiger partial charge in [-0.3, -0.25) is 14.9 Å². The number of carbonyl (C=O) groups is 1. The summed E-state index contributed by atoms with van der Waals surface area (Å²) in [5.41, 5.74) is 6.01. The molecular formula is C17H16ClN3O5. The van der Waals surface area contributed by atoms with Crippen LogP contribution in [0.2, 0.25) is 5.02 Å². The Kier molecular flexibility index (Phi) is 5.13. The van der Waals surface area contributed by atoms with Gasteiger partial charge >= 0.3 is 0 Å². The van der Waals surface area contributed by atoms with Crippen molar-refractivity contribution in [3.05, 3.63) is 56.6 Å². The second-order valence-corrected chi connectivity index (χ2v) is 6.05. The summed E-state index contributed by atoms with van der Waals surface area (Å²) >= 11 is 6.26. The van der Waals surface area contributed by atoms with Gasteiger partial charge in [-0.15, -0.1) is 0 Å². The predicted octanol–water partition coefficient (Wildman–Crippen LogP) is 3.12. The summed E-state index contributed by atoms with van der Waals surface area (Å²) in [6.45, 7) is 1.22. The third-order valence-corrected chi connectivity index (χ3v) is 4.19. The Balaban J connectivity index is 1.84. The number of ether oxygens (including phenoxy) is 2. The molecule has 3 N–H and O–H groups in total. The highest BCUT2D eigenvalue weighted by Crippen LogP contribution is 2.38. The number of primary amides is 1. The van der Waals surface area contributed by atoms with E-state index in [2.05, 4.69) is 5.32 Å². The van der Waals surface area contributed by atoms with Crippen LogP contribution in [0.4, 0.5) is 11.4 Å². The van der Waals surface area contributed by atoms with Crippen LogP contribution in [0, 0.1) is 10.1 Å². The number of halogens is 1. The molecule has 0 aromatic heterocycles. The highest BCUT2D eigenvalue weighted by molar-refractivity contribution is 6.33. The lowest BCUT2D eigenvalue weighted by molar-refractivity contribution is -0.385. The zero-order valence-electron chi connectivity index (χ0n) is 13.7. The molecule has 3 rings (SSSR count). The third kappa shape index (κ3) is 3.80. The molecule has 0 radical (unpaired) electrons. The van der Waals surface area contributed by atoms with E-state index in [-0.39, 0.29) is 17.8 Å². The normalized spacial score (nSPS) is 13.0. The van der Waals surface area contributed by atoms with E-state index in [0.29, 0.717) is 41.0 Å². The largest absolute Gasteiger partial charge is 0.490 e. The van der Waals surface area contributed by atoms with Crippen molar-refractivity contribution in [1.82, 2.24) is 0 Å². The first-order chi connectivity index (χ1) is 12.5. The Morgan fingerprint density at radius 1 is 1.23 bits per heavy atom. The van der Waals surface area contributed by atoms with Gasteiger partial charge in [0, 0.05) is 42.3 Å². The molecule has 136 valence electrons. The van der Waals surface area contributed by atoms with Gasteiger partial charge in [0.2, 0.25) is 5.91 Å². The lowest BCUT2D eigenvalue weighted by Crippen LogP contribution is -2.12. The standard InChI is InChI=1S/C17H16ClN3O5/c18-12-7-15-16(26-5-1-4-25-15)8-13(12)20-9-11-3-2-10(17(19)22)6-14(11)21(23)24/h2-3,6-8,20H,1,4-5,9H2,(H2,19,22). The number of amides is 1. The van der Waals surface area contributed by atoms with Crippen molar-refractivity contribution >= 4 is 28.9 Å². The fourth-order valence-electron chi connectivity index (χ4n) is 2.55. The summed E-state index contributed by atoms with van der Waals surface area (Å²) in [6, 6.07) is 7.45. The first kappa shape index (κ1) is 17.8. The van der Waals surface area contributed by atoms with Crippen LogP contribution in [-0.2, 0) is 6.54 Å². The molecule has 26 heavy (non-hydrogen) atoms. The van der Waals surface area contributed by atoms with Crippen molar-refractivity contribution in [2.45, 2.75) is 13.0 Å². The second-order valence-electron chi connectivity index (χ2n) is 5.65. The average molecular weight is 378 g/mol. The number of nitro benzene ring substituents is 1. The van der Waals surface area contributed by atoms with Crippen LogP contribution in [0.3, 0.4) is 0 Å². The van der Waals surface area contributed by atoms with Crippen LogP contribution in [0.1, 0.15) is 22.3 Å². The molecule has 1 heterocycles. The number of nitrogens with two attached hydrogens (primary N) is 1. The number of hydrogen-bond acceptors (Lipinski definition) is 6. The molecule has 9 heteroatoms. The molecule has 0 atom stereocenters. The van der Waals surface area contributed by atoms with Gasteiger partial charge in [-0.05, 0) is 12.1 Å². The first-order valence-corrected chi connectivity index (χ1v) is 8.23. The Morgan fingerprint density at radius 2 is 1.92 bits per heavy atom. The number of nitrogens with one attached hydrogen (secondary N) is 1. The Hall–Kier alpha value is -3.00. The molecule has 2 aromatic rings. The van der Waals surface area contributed by atoms with Crippen LogP contribution in [0.25, 0.3) is 0 Å². The van der Waals surface area contributed by atoms with Gasteiger partial charge < -0.3 is 20.5 Å². The molecule has 1 aliphatic rings. The molecule has 1 amide bonds. The van der Waals surface area contributed by atoms with Crippen LogP contribution >= 0.6 is 11.6 Å². The molecule has 0 fully saturated rings. The SMILES string of the molecule is NC(=O)c1ccc(CNc2cc3c(cc2Cl)OCCCO3)c([N+](=O)[O-])c1. The van der Waals surface area contributed by atoms with Crippen molar-refractivity contribution in [1.29, 1.82) is 0 Å². The van der Waals surface area contributed by atoms with Gasteiger partial charge in [0.25, 0.3) is 5.69 Å². The summed E-state index contributed by atoms with van der Waals surface area (Å²) in [5, 5.41) is 14.7. The van der Waals surface area contributed by atoms with E-state index in [1.165, 1.54) is 12.1 Å². The third-order valence-electron chi connectivity index (χ3n) is 3.87. The molecule has 0 spiro atoms. The van der Waals surface area contributed by atoms with E-state index >= 15 is 0 Å². The molecule has 2 aromatic carbocycles. The van der Waals surface area contributed by atoms with Crippen molar-refractivity contribution in [2.75, 3.05) is 18.5 Å². The maximum atomic E-state index is 11.3. The number of rotatable bonds is 5. The van der Waals surface area contributed by atoms with E-state index in [0.717, 1.165) is 12.5 Å². The van der Waals surface area contributed by atoms with Gasteiger partial charge in [-0.25, -0.2) is 0 Å². The predicted molar refractivity (Wildman–Crippen MR) is 96.0 cm³/mol. The molecule has 0 aliphatic carbocycles. The lowest BCUT2D eigenvalue weighted by Gasteiger charge is -2.13. The zero-order valence-corrected chi connectivity index (χ0v) is 14.4. The first-order valence-electron chi connectivity index (χ1n) is 7.86. The number of fused-ring (bicyclic) bond motifs is 1. The molecular weight excluding hydrogens is 362 g/mol. The molecule has 0 saturated heterocycles.